The molecule has 0 atom stereocenters. The SMILES string of the molecule is CC(=O)Oc1ccc(C)cc1/C=C\C=O. The lowest BCUT2D eigenvalue weighted by atomic mass is 10.1. The van der Waals surface area contributed by atoms with Crippen molar-refractivity contribution in [1.29, 1.82) is 0 Å². The Morgan fingerprint density at radius 2 is 2.13 bits per heavy atom. The molecule has 0 radical (unpaired) electrons. The van der Waals surface area contributed by atoms with Crippen molar-refractivity contribution in [2.75, 3.05) is 0 Å². The van der Waals surface area contributed by atoms with Crippen molar-refractivity contribution < 1.29 is 14.3 Å². The number of hydrogen-bond acceptors (Lipinski definition) is 3. The first-order chi connectivity index (χ1) is 7.13. The Morgan fingerprint density at radius 1 is 1.40 bits per heavy atom. The smallest absolute Gasteiger partial charge is 0.308 e. The van der Waals surface area contributed by atoms with E-state index in [1.807, 2.05) is 19.1 Å². The molecule has 0 aliphatic heterocycles. The number of carbonyl (C=O) groups excluding carboxylic acids is 2. The van der Waals surface area contributed by atoms with Gasteiger partial charge in [0.05, 0.1) is 0 Å². The van der Waals surface area contributed by atoms with Crippen molar-refractivity contribution in [2.45, 2.75) is 13.8 Å². The molecule has 15 heavy (non-hydrogen) atoms. The molecule has 0 bridgehead atoms. The van der Waals surface area contributed by atoms with Gasteiger partial charge in [-0.05, 0) is 31.2 Å². The van der Waals surface area contributed by atoms with Crippen molar-refractivity contribution in [2.24, 2.45) is 0 Å². The summed E-state index contributed by atoms with van der Waals surface area (Å²) in [5.41, 5.74) is 1.76. The lowest BCUT2D eigenvalue weighted by Crippen LogP contribution is -2.02. The van der Waals surface area contributed by atoms with E-state index in [1.165, 1.54) is 13.0 Å². The average molecular weight is 204 g/mol. The van der Waals surface area contributed by atoms with Crippen molar-refractivity contribution in [3.05, 3.63) is 35.4 Å². The van der Waals surface area contributed by atoms with Crippen LogP contribution in [0.4, 0.5) is 0 Å². The summed E-state index contributed by atoms with van der Waals surface area (Å²) in [5.74, 6) is 0.0887. The van der Waals surface area contributed by atoms with E-state index in [9.17, 15) is 9.59 Å². The van der Waals surface area contributed by atoms with Crippen LogP contribution in [0.1, 0.15) is 18.1 Å². The molecule has 3 nitrogen and oxygen atoms in total. The van der Waals surface area contributed by atoms with Crippen molar-refractivity contribution in [3.63, 3.8) is 0 Å². The summed E-state index contributed by atoms with van der Waals surface area (Å²) in [6.45, 7) is 3.27. The lowest BCUT2D eigenvalue weighted by molar-refractivity contribution is -0.131. The molecule has 1 rings (SSSR count). The molecule has 0 fully saturated rings. The van der Waals surface area contributed by atoms with Gasteiger partial charge in [-0.25, -0.2) is 0 Å². The van der Waals surface area contributed by atoms with E-state index in [1.54, 1.807) is 12.1 Å². The minimum Gasteiger partial charge on any atom is -0.426 e. The first kappa shape index (κ1) is 11.2. The number of esters is 1. The number of aldehydes is 1. The van der Waals surface area contributed by atoms with Gasteiger partial charge in [-0.1, -0.05) is 11.6 Å². The number of ether oxygens (including phenoxy) is 1. The summed E-state index contributed by atoms with van der Waals surface area (Å²) in [7, 11) is 0. The average Bonchev–Trinajstić information content (AvgIpc) is 2.18. The number of hydrogen-bond donors (Lipinski definition) is 0. The molecule has 1 aromatic carbocycles. The summed E-state index contributed by atoms with van der Waals surface area (Å²) >= 11 is 0. The monoisotopic (exact) mass is 204 g/mol. The second-order valence-electron chi connectivity index (χ2n) is 3.13. The summed E-state index contributed by atoms with van der Waals surface area (Å²) in [5, 5.41) is 0. The zero-order valence-corrected chi connectivity index (χ0v) is 8.69. The van der Waals surface area contributed by atoms with E-state index in [4.69, 9.17) is 4.74 Å². The van der Waals surface area contributed by atoms with E-state index in [0.29, 0.717) is 12.0 Å². The highest BCUT2D eigenvalue weighted by molar-refractivity contribution is 5.77. The first-order valence-electron chi connectivity index (χ1n) is 4.54. The van der Waals surface area contributed by atoms with Crippen molar-refractivity contribution in [3.8, 4) is 5.75 Å². The molecule has 3 heteroatoms. The predicted octanol–water partition coefficient (Wildman–Crippen LogP) is 2.13. The van der Waals surface area contributed by atoms with Gasteiger partial charge in [0.15, 0.2) is 0 Å². The van der Waals surface area contributed by atoms with Gasteiger partial charge in [0.1, 0.15) is 12.0 Å². The summed E-state index contributed by atoms with van der Waals surface area (Å²) < 4.78 is 4.99. The maximum atomic E-state index is 10.8. The highest BCUT2D eigenvalue weighted by atomic mass is 16.5. The van der Waals surface area contributed by atoms with Crippen LogP contribution in [0.3, 0.4) is 0 Å². The molecule has 0 spiro atoms. The fraction of sp³-hybridized carbons (Fsp3) is 0.167. The van der Waals surface area contributed by atoms with E-state index in [2.05, 4.69) is 0 Å². The summed E-state index contributed by atoms with van der Waals surface area (Å²) in [6.07, 6.45) is 3.65. The fourth-order valence-corrected chi connectivity index (χ4v) is 1.19. The molecule has 0 N–H and O–H groups in total. The van der Waals surface area contributed by atoms with Crippen LogP contribution in [-0.2, 0) is 9.59 Å². The Bertz CT molecular complexity index is 405. The van der Waals surface area contributed by atoms with Gasteiger partial charge in [-0.2, -0.15) is 0 Å². The second kappa shape index (κ2) is 5.10. The van der Waals surface area contributed by atoms with E-state index in [-0.39, 0.29) is 5.97 Å². The molecule has 0 aromatic heterocycles. The van der Waals surface area contributed by atoms with Crippen LogP contribution in [0.25, 0.3) is 6.08 Å². The number of benzene rings is 1. The lowest BCUT2D eigenvalue weighted by Gasteiger charge is -2.06. The number of allylic oxidation sites excluding steroid dienone is 1. The largest absolute Gasteiger partial charge is 0.426 e. The fourth-order valence-electron chi connectivity index (χ4n) is 1.19. The first-order valence-corrected chi connectivity index (χ1v) is 4.54. The molecule has 0 aliphatic rings. The molecular weight excluding hydrogens is 192 g/mol. The minimum atomic E-state index is -0.375. The van der Waals surface area contributed by atoms with Gasteiger partial charge in [0, 0.05) is 12.5 Å². The van der Waals surface area contributed by atoms with Gasteiger partial charge >= 0.3 is 5.97 Å². The molecular formula is C12H12O3. The predicted molar refractivity (Wildman–Crippen MR) is 57.6 cm³/mol. The number of carbonyl (C=O) groups is 2. The zero-order valence-electron chi connectivity index (χ0n) is 8.69. The van der Waals surface area contributed by atoms with Gasteiger partial charge in [-0.3, -0.25) is 9.59 Å². The van der Waals surface area contributed by atoms with Gasteiger partial charge < -0.3 is 4.74 Å². The number of rotatable bonds is 3. The third-order valence-corrected chi connectivity index (χ3v) is 1.77. The van der Waals surface area contributed by atoms with Crippen LogP contribution >= 0.6 is 0 Å². The van der Waals surface area contributed by atoms with E-state index < -0.39 is 0 Å². The maximum Gasteiger partial charge on any atom is 0.308 e. The Labute approximate surface area is 88.4 Å². The van der Waals surface area contributed by atoms with Crippen LogP contribution in [-0.4, -0.2) is 12.3 Å². The van der Waals surface area contributed by atoms with Gasteiger partial charge in [0.25, 0.3) is 0 Å². The Kier molecular flexibility index (Phi) is 3.80. The Morgan fingerprint density at radius 3 is 2.73 bits per heavy atom. The molecule has 0 heterocycles. The standard InChI is InChI=1S/C12H12O3/c1-9-5-6-12(15-10(2)14)11(8-9)4-3-7-13/h3-8H,1-2H3/b4-3-. The normalized spacial score (nSPS) is 10.3. The Hall–Kier alpha value is -1.90. The molecule has 1 aromatic rings. The molecule has 0 amide bonds. The van der Waals surface area contributed by atoms with Crippen LogP contribution in [0.2, 0.25) is 0 Å². The van der Waals surface area contributed by atoms with E-state index >= 15 is 0 Å². The highest BCUT2D eigenvalue weighted by Crippen LogP contribution is 2.21. The minimum absolute atomic E-state index is 0.375. The molecule has 78 valence electrons. The summed E-state index contributed by atoms with van der Waals surface area (Å²) in [4.78, 5) is 21.0. The highest BCUT2D eigenvalue weighted by Gasteiger charge is 2.03. The Balaban J connectivity index is 3.07. The van der Waals surface area contributed by atoms with Crippen molar-refractivity contribution >= 4 is 18.3 Å². The van der Waals surface area contributed by atoms with Crippen LogP contribution in [0, 0.1) is 6.92 Å². The molecule has 0 aliphatic carbocycles. The molecule has 0 saturated heterocycles. The zero-order chi connectivity index (χ0) is 11.3. The maximum absolute atomic E-state index is 10.8. The topological polar surface area (TPSA) is 43.4 Å². The summed E-state index contributed by atoms with van der Waals surface area (Å²) in [6, 6.07) is 5.40. The third kappa shape index (κ3) is 3.38. The van der Waals surface area contributed by atoms with Gasteiger partial charge in [-0.15, -0.1) is 0 Å². The van der Waals surface area contributed by atoms with Crippen LogP contribution in [0.5, 0.6) is 5.75 Å². The van der Waals surface area contributed by atoms with Crippen molar-refractivity contribution in [1.82, 2.24) is 0 Å². The second-order valence-corrected chi connectivity index (χ2v) is 3.13. The number of aryl methyl sites for hydroxylation is 1. The third-order valence-electron chi connectivity index (χ3n) is 1.77. The molecule has 0 saturated carbocycles. The van der Waals surface area contributed by atoms with Crippen LogP contribution < -0.4 is 4.74 Å². The quantitative estimate of drug-likeness (QED) is 0.328. The van der Waals surface area contributed by atoms with Gasteiger partial charge in [0.2, 0.25) is 0 Å². The molecule has 0 unspecified atom stereocenters. The van der Waals surface area contributed by atoms with E-state index in [0.717, 1.165) is 11.1 Å². The van der Waals surface area contributed by atoms with Crippen LogP contribution in [0.15, 0.2) is 24.3 Å².